The van der Waals surface area contributed by atoms with E-state index in [9.17, 15) is 4.79 Å². The first kappa shape index (κ1) is 14.3. The number of Topliss-reactive ketones (excluding diaryl/α,β-unsaturated/α-hetero) is 1. The first-order valence-electron chi connectivity index (χ1n) is 6.14. The van der Waals surface area contributed by atoms with Gasteiger partial charge in [-0.05, 0) is 41.4 Å². The molecule has 1 fully saturated rings. The SMILES string of the molecule is COc1cc(C(=O)C2COC(C)C2)c(OC)cc1Br. The maximum Gasteiger partial charge on any atom is 0.172 e. The number of ketones is 1. The molecule has 1 heterocycles. The predicted octanol–water partition coefficient (Wildman–Crippen LogP) is 3.07. The van der Waals surface area contributed by atoms with Gasteiger partial charge in [-0.25, -0.2) is 0 Å². The summed E-state index contributed by atoms with van der Waals surface area (Å²) in [4.78, 5) is 12.5. The molecule has 0 aromatic heterocycles. The van der Waals surface area contributed by atoms with Crippen LogP contribution >= 0.6 is 15.9 Å². The van der Waals surface area contributed by atoms with Crippen LogP contribution in [0.3, 0.4) is 0 Å². The van der Waals surface area contributed by atoms with Gasteiger partial charge < -0.3 is 14.2 Å². The topological polar surface area (TPSA) is 44.8 Å². The van der Waals surface area contributed by atoms with Gasteiger partial charge in [-0.1, -0.05) is 0 Å². The van der Waals surface area contributed by atoms with E-state index < -0.39 is 0 Å². The van der Waals surface area contributed by atoms with Crippen LogP contribution < -0.4 is 9.47 Å². The fraction of sp³-hybridized carbons (Fsp3) is 0.500. The van der Waals surface area contributed by atoms with Crippen LogP contribution in [-0.4, -0.2) is 32.7 Å². The molecular weight excluding hydrogens is 312 g/mol. The van der Waals surface area contributed by atoms with Gasteiger partial charge in [-0.2, -0.15) is 0 Å². The van der Waals surface area contributed by atoms with E-state index in [0.717, 1.165) is 10.9 Å². The molecule has 19 heavy (non-hydrogen) atoms. The van der Waals surface area contributed by atoms with Crippen molar-refractivity contribution in [2.24, 2.45) is 5.92 Å². The highest BCUT2D eigenvalue weighted by Gasteiger charge is 2.31. The number of carbonyl (C=O) groups is 1. The summed E-state index contributed by atoms with van der Waals surface area (Å²) < 4.78 is 16.7. The van der Waals surface area contributed by atoms with Gasteiger partial charge >= 0.3 is 0 Å². The largest absolute Gasteiger partial charge is 0.496 e. The molecule has 1 aromatic carbocycles. The summed E-state index contributed by atoms with van der Waals surface area (Å²) >= 11 is 3.38. The zero-order valence-electron chi connectivity index (χ0n) is 11.2. The highest BCUT2D eigenvalue weighted by molar-refractivity contribution is 9.10. The van der Waals surface area contributed by atoms with E-state index in [0.29, 0.717) is 23.7 Å². The molecule has 1 saturated heterocycles. The van der Waals surface area contributed by atoms with Gasteiger partial charge in [0.1, 0.15) is 11.5 Å². The molecule has 0 spiro atoms. The molecule has 2 atom stereocenters. The average Bonchev–Trinajstić information content (AvgIpc) is 2.84. The zero-order chi connectivity index (χ0) is 14.0. The van der Waals surface area contributed by atoms with Crippen LogP contribution in [-0.2, 0) is 4.74 Å². The number of ether oxygens (including phenoxy) is 3. The molecule has 0 aliphatic carbocycles. The molecule has 0 saturated carbocycles. The van der Waals surface area contributed by atoms with E-state index in [1.54, 1.807) is 26.4 Å². The summed E-state index contributed by atoms with van der Waals surface area (Å²) in [5.41, 5.74) is 0.547. The van der Waals surface area contributed by atoms with Gasteiger partial charge in [0.15, 0.2) is 5.78 Å². The van der Waals surface area contributed by atoms with Gasteiger partial charge in [-0.3, -0.25) is 4.79 Å². The Labute approximate surface area is 121 Å². The highest BCUT2D eigenvalue weighted by atomic mass is 79.9. The second kappa shape index (κ2) is 5.92. The van der Waals surface area contributed by atoms with Crippen LogP contribution in [0.25, 0.3) is 0 Å². The number of halogens is 1. The van der Waals surface area contributed by atoms with Crippen molar-refractivity contribution in [2.45, 2.75) is 19.4 Å². The Hall–Kier alpha value is -1.07. The number of methoxy groups -OCH3 is 2. The molecule has 1 aliphatic heterocycles. The molecule has 0 N–H and O–H groups in total. The fourth-order valence-corrected chi connectivity index (χ4v) is 2.76. The number of rotatable bonds is 4. The Bertz CT molecular complexity index is 487. The monoisotopic (exact) mass is 328 g/mol. The van der Waals surface area contributed by atoms with Crippen LogP contribution in [0.4, 0.5) is 0 Å². The van der Waals surface area contributed by atoms with Crippen molar-refractivity contribution < 1.29 is 19.0 Å². The van der Waals surface area contributed by atoms with Gasteiger partial charge in [0.2, 0.25) is 0 Å². The fourth-order valence-electron chi connectivity index (χ4n) is 2.27. The standard InChI is InChI=1S/C14H17BrO4/c1-8-4-9(7-19-8)14(16)10-5-13(18-3)11(15)6-12(10)17-2/h5-6,8-9H,4,7H2,1-3H3. The van der Waals surface area contributed by atoms with Gasteiger partial charge in [-0.15, -0.1) is 0 Å². The minimum absolute atomic E-state index is 0.0481. The molecular formula is C14H17BrO4. The molecule has 0 bridgehead atoms. The maximum absolute atomic E-state index is 12.5. The quantitative estimate of drug-likeness (QED) is 0.797. The number of benzene rings is 1. The molecule has 2 rings (SSSR count). The van der Waals surface area contributed by atoms with Crippen molar-refractivity contribution in [3.05, 3.63) is 22.2 Å². The number of hydrogen-bond acceptors (Lipinski definition) is 4. The van der Waals surface area contributed by atoms with Crippen LogP contribution in [0.5, 0.6) is 11.5 Å². The van der Waals surface area contributed by atoms with E-state index in [1.807, 2.05) is 6.92 Å². The lowest BCUT2D eigenvalue weighted by atomic mass is 9.94. The van der Waals surface area contributed by atoms with Crippen molar-refractivity contribution >= 4 is 21.7 Å². The van der Waals surface area contributed by atoms with Crippen molar-refractivity contribution in [1.29, 1.82) is 0 Å². The molecule has 1 aromatic rings. The smallest absolute Gasteiger partial charge is 0.172 e. The Balaban J connectivity index is 2.34. The Morgan fingerprint density at radius 3 is 2.53 bits per heavy atom. The van der Waals surface area contributed by atoms with Crippen molar-refractivity contribution in [1.82, 2.24) is 0 Å². The molecule has 2 unspecified atom stereocenters. The molecule has 104 valence electrons. The van der Waals surface area contributed by atoms with E-state index in [1.165, 1.54) is 0 Å². The summed E-state index contributed by atoms with van der Waals surface area (Å²) in [5.74, 6) is 1.12. The van der Waals surface area contributed by atoms with E-state index in [-0.39, 0.29) is 17.8 Å². The van der Waals surface area contributed by atoms with Crippen molar-refractivity contribution in [3.63, 3.8) is 0 Å². The molecule has 5 heteroatoms. The predicted molar refractivity (Wildman–Crippen MR) is 75.1 cm³/mol. The van der Waals surface area contributed by atoms with Crippen molar-refractivity contribution in [2.75, 3.05) is 20.8 Å². The lowest BCUT2D eigenvalue weighted by molar-refractivity contribution is 0.0874. The van der Waals surface area contributed by atoms with Crippen LogP contribution in [0, 0.1) is 5.92 Å². The minimum Gasteiger partial charge on any atom is -0.496 e. The third-order valence-corrected chi connectivity index (χ3v) is 3.93. The summed E-state index contributed by atoms with van der Waals surface area (Å²) in [6, 6.07) is 3.47. The molecule has 4 nitrogen and oxygen atoms in total. The van der Waals surface area contributed by atoms with Crippen LogP contribution in [0.2, 0.25) is 0 Å². The van der Waals surface area contributed by atoms with Crippen LogP contribution in [0.15, 0.2) is 16.6 Å². The second-order valence-electron chi connectivity index (χ2n) is 4.63. The summed E-state index contributed by atoms with van der Waals surface area (Å²) in [5, 5.41) is 0. The Morgan fingerprint density at radius 2 is 2.00 bits per heavy atom. The van der Waals surface area contributed by atoms with Gasteiger partial charge in [0.25, 0.3) is 0 Å². The number of hydrogen-bond donors (Lipinski definition) is 0. The van der Waals surface area contributed by atoms with E-state index >= 15 is 0 Å². The first-order chi connectivity index (χ1) is 9.06. The second-order valence-corrected chi connectivity index (χ2v) is 5.48. The molecule has 0 radical (unpaired) electrons. The van der Waals surface area contributed by atoms with Gasteiger partial charge in [0.05, 0.1) is 37.0 Å². The third-order valence-electron chi connectivity index (χ3n) is 3.31. The van der Waals surface area contributed by atoms with Crippen molar-refractivity contribution in [3.8, 4) is 11.5 Å². The van der Waals surface area contributed by atoms with Gasteiger partial charge in [0, 0.05) is 5.92 Å². The lowest BCUT2D eigenvalue weighted by Crippen LogP contribution is -2.16. The summed E-state index contributed by atoms with van der Waals surface area (Å²) in [6.45, 7) is 2.45. The normalized spacial score (nSPS) is 22.3. The zero-order valence-corrected chi connectivity index (χ0v) is 12.8. The molecule has 1 aliphatic rings. The Kier molecular flexibility index (Phi) is 4.47. The first-order valence-corrected chi connectivity index (χ1v) is 6.93. The third kappa shape index (κ3) is 2.92. The Morgan fingerprint density at radius 1 is 1.32 bits per heavy atom. The highest BCUT2D eigenvalue weighted by Crippen LogP contribution is 2.35. The maximum atomic E-state index is 12.5. The van der Waals surface area contributed by atoms with E-state index in [2.05, 4.69) is 15.9 Å². The number of carbonyl (C=O) groups excluding carboxylic acids is 1. The molecule has 0 amide bonds. The summed E-state index contributed by atoms with van der Waals surface area (Å²) in [6.07, 6.45) is 0.887. The minimum atomic E-state index is -0.102. The van der Waals surface area contributed by atoms with E-state index in [4.69, 9.17) is 14.2 Å². The summed E-state index contributed by atoms with van der Waals surface area (Å²) in [7, 11) is 3.13. The lowest BCUT2D eigenvalue weighted by Gasteiger charge is -2.13. The average molecular weight is 329 g/mol. The van der Waals surface area contributed by atoms with Crippen LogP contribution in [0.1, 0.15) is 23.7 Å².